The summed E-state index contributed by atoms with van der Waals surface area (Å²) < 4.78 is 0. The number of nitrogens with zero attached hydrogens (tertiary/aromatic N) is 3. The number of aryl methyl sites for hydroxylation is 1. The minimum absolute atomic E-state index is 0.0840. The zero-order valence-electron chi connectivity index (χ0n) is 13.6. The number of nitro groups is 1. The van der Waals surface area contributed by atoms with Crippen molar-refractivity contribution in [3.05, 3.63) is 50.5 Å². The molecule has 0 amide bonds. The predicted octanol–water partition coefficient (Wildman–Crippen LogP) is 2.14. The molecule has 1 heterocycles. The Morgan fingerprint density at radius 1 is 1.29 bits per heavy atom. The van der Waals surface area contributed by atoms with Crippen LogP contribution < -0.4 is 16.0 Å². The second kappa shape index (κ2) is 8.82. The van der Waals surface area contributed by atoms with Crippen LogP contribution in [-0.2, 0) is 6.54 Å². The maximum absolute atomic E-state index is 10.6. The summed E-state index contributed by atoms with van der Waals surface area (Å²) in [5.74, 6) is 0.702. The fourth-order valence-corrected chi connectivity index (χ4v) is 2.68. The Morgan fingerprint density at radius 3 is 2.62 bits per heavy atom. The van der Waals surface area contributed by atoms with Gasteiger partial charge in [-0.25, -0.2) is 4.98 Å². The number of hydrogen-bond donors (Lipinski definition) is 3. The summed E-state index contributed by atoms with van der Waals surface area (Å²) in [6.45, 7) is 3.98. The molecule has 0 aliphatic carbocycles. The standard InChI is InChI=1S/C15H20N6O2S/c1-11-9-19-14(24-11)10-20-15(16-2)18-8-7-17-12-3-5-13(6-4-12)21(22)23/h3-6,9,17H,7-8,10H2,1-2H3,(H2,16,18,20). The number of aromatic nitrogens is 1. The van der Waals surface area contributed by atoms with Crippen LogP contribution in [-0.4, -0.2) is 36.0 Å². The quantitative estimate of drug-likeness (QED) is 0.233. The zero-order valence-corrected chi connectivity index (χ0v) is 14.4. The normalized spacial score (nSPS) is 11.2. The molecule has 128 valence electrons. The van der Waals surface area contributed by atoms with E-state index in [0.717, 1.165) is 10.7 Å². The van der Waals surface area contributed by atoms with Crippen molar-refractivity contribution in [2.75, 3.05) is 25.5 Å². The lowest BCUT2D eigenvalue weighted by Crippen LogP contribution is -2.39. The monoisotopic (exact) mass is 348 g/mol. The molecule has 0 spiro atoms. The maximum atomic E-state index is 10.6. The van der Waals surface area contributed by atoms with Crippen LogP contribution >= 0.6 is 11.3 Å². The minimum Gasteiger partial charge on any atom is -0.383 e. The van der Waals surface area contributed by atoms with E-state index in [1.807, 2.05) is 13.1 Å². The number of hydrogen-bond acceptors (Lipinski definition) is 6. The summed E-state index contributed by atoms with van der Waals surface area (Å²) in [6.07, 6.45) is 1.85. The third kappa shape index (κ3) is 5.51. The highest BCUT2D eigenvalue weighted by Gasteiger charge is 2.04. The van der Waals surface area contributed by atoms with E-state index in [4.69, 9.17) is 0 Å². The van der Waals surface area contributed by atoms with Gasteiger partial charge in [0.1, 0.15) is 5.01 Å². The Morgan fingerprint density at radius 2 is 2.04 bits per heavy atom. The van der Waals surface area contributed by atoms with Crippen molar-refractivity contribution in [3.8, 4) is 0 Å². The Bertz CT molecular complexity index is 698. The number of benzene rings is 1. The Hall–Kier alpha value is -2.68. The lowest BCUT2D eigenvalue weighted by Gasteiger charge is -2.12. The highest BCUT2D eigenvalue weighted by Crippen LogP contribution is 2.14. The summed E-state index contributed by atoms with van der Waals surface area (Å²) in [4.78, 5) is 19.8. The van der Waals surface area contributed by atoms with Crippen molar-refractivity contribution in [3.63, 3.8) is 0 Å². The summed E-state index contributed by atoms with van der Waals surface area (Å²) >= 11 is 1.65. The summed E-state index contributed by atoms with van der Waals surface area (Å²) in [5, 5.41) is 21.2. The minimum atomic E-state index is -0.412. The van der Waals surface area contributed by atoms with E-state index in [1.165, 1.54) is 17.0 Å². The van der Waals surface area contributed by atoms with Crippen molar-refractivity contribution >= 4 is 28.7 Å². The Kier molecular flexibility index (Phi) is 6.50. The van der Waals surface area contributed by atoms with Gasteiger partial charge in [-0.15, -0.1) is 11.3 Å². The molecule has 2 rings (SSSR count). The molecule has 0 atom stereocenters. The van der Waals surface area contributed by atoms with Crippen LogP contribution in [0.1, 0.15) is 9.88 Å². The summed E-state index contributed by atoms with van der Waals surface area (Å²) in [7, 11) is 1.71. The van der Waals surface area contributed by atoms with Gasteiger partial charge in [0.2, 0.25) is 0 Å². The summed E-state index contributed by atoms with van der Waals surface area (Å²) in [5.41, 5.74) is 0.921. The fraction of sp³-hybridized carbons (Fsp3) is 0.333. The smallest absolute Gasteiger partial charge is 0.269 e. The lowest BCUT2D eigenvalue weighted by atomic mass is 10.3. The van der Waals surface area contributed by atoms with E-state index in [-0.39, 0.29) is 5.69 Å². The van der Waals surface area contributed by atoms with Gasteiger partial charge in [-0.1, -0.05) is 0 Å². The first kappa shape index (κ1) is 17.7. The summed E-state index contributed by atoms with van der Waals surface area (Å²) in [6, 6.07) is 6.34. The van der Waals surface area contributed by atoms with Gasteiger partial charge in [0, 0.05) is 49.0 Å². The van der Waals surface area contributed by atoms with E-state index < -0.39 is 4.92 Å². The third-order valence-electron chi connectivity index (χ3n) is 3.12. The van der Waals surface area contributed by atoms with Crippen LogP contribution in [0, 0.1) is 17.0 Å². The van der Waals surface area contributed by atoms with Gasteiger partial charge < -0.3 is 16.0 Å². The van der Waals surface area contributed by atoms with Crippen molar-refractivity contribution < 1.29 is 4.92 Å². The molecule has 0 aliphatic rings. The first-order valence-corrected chi connectivity index (χ1v) is 8.24. The van der Waals surface area contributed by atoms with E-state index in [0.29, 0.717) is 25.6 Å². The molecule has 0 saturated heterocycles. The van der Waals surface area contributed by atoms with Crippen molar-refractivity contribution in [2.45, 2.75) is 13.5 Å². The molecule has 0 bridgehead atoms. The molecule has 1 aromatic carbocycles. The molecule has 24 heavy (non-hydrogen) atoms. The predicted molar refractivity (Wildman–Crippen MR) is 96.6 cm³/mol. The van der Waals surface area contributed by atoms with E-state index in [9.17, 15) is 10.1 Å². The molecule has 0 radical (unpaired) electrons. The Balaban J connectivity index is 1.69. The number of rotatable bonds is 7. The average molecular weight is 348 g/mol. The van der Waals surface area contributed by atoms with Gasteiger partial charge in [-0.05, 0) is 19.1 Å². The van der Waals surface area contributed by atoms with E-state index >= 15 is 0 Å². The highest BCUT2D eigenvalue weighted by molar-refractivity contribution is 7.11. The largest absolute Gasteiger partial charge is 0.383 e. The first-order chi connectivity index (χ1) is 11.6. The molecule has 0 saturated carbocycles. The number of non-ortho nitro benzene ring substituents is 1. The highest BCUT2D eigenvalue weighted by atomic mass is 32.1. The number of aliphatic imine (C=N–C) groups is 1. The van der Waals surface area contributed by atoms with Gasteiger partial charge in [-0.3, -0.25) is 15.1 Å². The topological polar surface area (TPSA) is 104 Å². The van der Waals surface area contributed by atoms with Crippen LogP contribution in [0.25, 0.3) is 0 Å². The van der Waals surface area contributed by atoms with Crippen LogP contribution in [0.5, 0.6) is 0 Å². The van der Waals surface area contributed by atoms with Gasteiger partial charge in [0.25, 0.3) is 5.69 Å². The zero-order chi connectivity index (χ0) is 17.4. The van der Waals surface area contributed by atoms with Gasteiger partial charge in [-0.2, -0.15) is 0 Å². The molecule has 9 heteroatoms. The van der Waals surface area contributed by atoms with Crippen LogP contribution in [0.15, 0.2) is 35.5 Å². The van der Waals surface area contributed by atoms with Gasteiger partial charge >= 0.3 is 0 Å². The molecule has 0 unspecified atom stereocenters. The van der Waals surface area contributed by atoms with Crippen molar-refractivity contribution in [2.24, 2.45) is 4.99 Å². The Labute approximate surface area is 144 Å². The first-order valence-electron chi connectivity index (χ1n) is 7.42. The van der Waals surface area contributed by atoms with Gasteiger partial charge in [0.05, 0.1) is 11.5 Å². The fourth-order valence-electron chi connectivity index (χ4n) is 1.95. The van der Waals surface area contributed by atoms with E-state index in [1.54, 1.807) is 30.5 Å². The average Bonchev–Trinajstić information content (AvgIpc) is 3.00. The molecule has 8 nitrogen and oxygen atoms in total. The maximum Gasteiger partial charge on any atom is 0.269 e. The number of anilines is 1. The number of nitro benzene ring substituents is 1. The number of guanidine groups is 1. The van der Waals surface area contributed by atoms with Crippen LogP contribution in [0.3, 0.4) is 0 Å². The van der Waals surface area contributed by atoms with Crippen molar-refractivity contribution in [1.82, 2.24) is 15.6 Å². The molecule has 1 aromatic heterocycles. The lowest BCUT2D eigenvalue weighted by molar-refractivity contribution is -0.384. The second-order valence-electron chi connectivity index (χ2n) is 4.95. The second-order valence-corrected chi connectivity index (χ2v) is 6.27. The van der Waals surface area contributed by atoms with E-state index in [2.05, 4.69) is 25.9 Å². The SMILES string of the molecule is CN=C(NCCNc1ccc([N+](=O)[O-])cc1)NCc1ncc(C)s1. The number of thiazole rings is 1. The third-order valence-corrected chi connectivity index (χ3v) is 4.04. The molecular weight excluding hydrogens is 328 g/mol. The number of nitrogens with one attached hydrogen (secondary N) is 3. The van der Waals surface area contributed by atoms with Crippen LogP contribution in [0.2, 0.25) is 0 Å². The molecule has 0 fully saturated rings. The van der Waals surface area contributed by atoms with Crippen molar-refractivity contribution in [1.29, 1.82) is 0 Å². The molecule has 3 N–H and O–H groups in total. The molecular formula is C15H20N6O2S. The molecule has 2 aromatic rings. The van der Waals surface area contributed by atoms with Crippen LogP contribution in [0.4, 0.5) is 11.4 Å². The van der Waals surface area contributed by atoms with Gasteiger partial charge in [0.15, 0.2) is 5.96 Å². The molecule has 0 aliphatic heterocycles.